The molecule has 1 aliphatic rings. The lowest BCUT2D eigenvalue weighted by Gasteiger charge is -2.26. The van der Waals surface area contributed by atoms with Crippen molar-refractivity contribution in [3.05, 3.63) is 29.8 Å². The van der Waals surface area contributed by atoms with E-state index in [0.29, 0.717) is 12.1 Å². The third-order valence-corrected chi connectivity index (χ3v) is 4.77. The summed E-state index contributed by atoms with van der Waals surface area (Å²) in [5, 5.41) is 2.84. The molecule has 6 nitrogen and oxygen atoms in total. The predicted molar refractivity (Wildman–Crippen MR) is 83.5 cm³/mol. The Hall–Kier alpha value is -1.44. The van der Waals surface area contributed by atoms with Crippen LogP contribution in [0.25, 0.3) is 0 Å². The number of ether oxygens (including phenoxy) is 1. The van der Waals surface area contributed by atoms with Gasteiger partial charge in [0.2, 0.25) is 5.91 Å². The van der Waals surface area contributed by atoms with Crippen LogP contribution in [-0.2, 0) is 25.8 Å². The lowest BCUT2D eigenvalue weighted by molar-refractivity contribution is -0.120. The zero-order valence-corrected chi connectivity index (χ0v) is 13.6. The number of hydrogen-bond acceptors (Lipinski definition) is 5. The maximum absolute atomic E-state index is 12.0. The van der Waals surface area contributed by atoms with E-state index in [0.717, 1.165) is 39.1 Å². The number of nitrogens with one attached hydrogen (secondary N) is 1. The molecule has 0 aliphatic carbocycles. The predicted octanol–water partition coefficient (Wildman–Crippen LogP) is 0.0810. The Morgan fingerprint density at radius 2 is 1.95 bits per heavy atom. The van der Waals surface area contributed by atoms with E-state index in [1.165, 1.54) is 6.07 Å². The summed E-state index contributed by atoms with van der Waals surface area (Å²) >= 11 is 0. The fourth-order valence-electron chi connectivity index (χ4n) is 2.43. The standard InChI is InChI=1S/C15H22N2O4S/c1-22(19,20)14-5-3-2-4-13(14)12-15(18)16-6-7-17-8-10-21-11-9-17/h2-5H,6-12H2,1H3,(H,16,18). The third kappa shape index (κ3) is 5.08. The van der Waals surface area contributed by atoms with Gasteiger partial charge in [0, 0.05) is 32.4 Å². The number of amides is 1. The number of carbonyl (C=O) groups is 1. The second-order valence-electron chi connectivity index (χ2n) is 5.36. The van der Waals surface area contributed by atoms with Gasteiger partial charge in [0.1, 0.15) is 0 Å². The Balaban J connectivity index is 1.84. The minimum atomic E-state index is -3.32. The van der Waals surface area contributed by atoms with Crippen LogP contribution in [0, 0.1) is 0 Å². The van der Waals surface area contributed by atoms with Gasteiger partial charge in [-0.15, -0.1) is 0 Å². The van der Waals surface area contributed by atoms with Crippen molar-refractivity contribution in [2.75, 3.05) is 45.6 Å². The number of rotatable bonds is 6. The average Bonchev–Trinajstić information content (AvgIpc) is 2.48. The summed E-state index contributed by atoms with van der Waals surface area (Å²) in [5.74, 6) is -0.163. The first-order valence-corrected chi connectivity index (χ1v) is 9.21. The molecule has 1 heterocycles. The van der Waals surface area contributed by atoms with Gasteiger partial charge in [-0.05, 0) is 11.6 Å². The molecule has 22 heavy (non-hydrogen) atoms. The summed E-state index contributed by atoms with van der Waals surface area (Å²) in [7, 11) is -3.32. The number of morpholine rings is 1. The van der Waals surface area contributed by atoms with Crippen LogP contribution in [-0.4, -0.2) is 64.9 Å². The number of nitrogens with zero attached hydrogens (tertiary/aromatic N) is 1. The first-order valence-electron chi connectivity index (χ1n) is 7.31. The number of carbonyl (C=O) groups excluding carboxylic acids is 1. The maximum atomic E-state index is 12.0. The van der Waals surface area contributed by atoms with E-state index >= 15 is 0 Å². The lowest BCUT2D eigenvalue weighted by atomic mass is 10.1. The van der Waals surface area contributed by atoms with Crippen molar-refractivity contribution in [1.82, 2.24) is 10.2 Å². The van der Waals surface area contributed by atoms with E-state index in [1.807, 2.05) is 0 Å². The van der Waals surface area contributed by atoms with E-state index < -0.39 is 9.84 Å². The Morgan fingerprint density at radius 1 is 1.27 bits per heavy atom. The van der Waals surface area contributed by atoms with Crippen LogP contribution in [0.1, 0.15) is 5.56 Å². The molecule has 7 heteroatoms. The van der Waals surface area contributed by atoms with Crippen LogP contribution in [0.15, 0.2) is 29.2 Å². The molecule has 0 atom stereocenters. The molecule has 0 spiro atoms. The molecule has 1 fully saturated rings. The molecule has 2 rings (SSSR count). The SMILES string of the molecule is CS(=O)(=O)c1ccccc1CC(=O)NCCN1CCOCC1. The van der Waals surface area contributed by atoms with Crippen molar-refractivity contribution in [3.8, 4) is 0 Å². The lowest BCUT2D eigenvalue weighted by Crippen LogP contribution is -2.41. The van der Waals surface area contributed by atoms with E-state index in [4.69, 9.17) is 4.74 Å². The van der Waals surface area contributed by atoms with Gasteiger partial charge in [-0.25, -0.2) is 8.42 Å². The highest BCUT2D eigenvalue weighted by Gasteiger charge is 2.15. The minimum absolute atomic E-state index is 0.0757. The van der Waals surface area contributed by atoms with Crippen molar-refractivity contribution in [3.63, 3.8) is 0 Å². The summed E-state index contributed by atoms with van der Waals surface area (Å²) in [6.07, 6.45) is 1.23. The fraction of sp³-hybridized carbons (Fsp3) is 0.533. The molecule has 122 valence electrons. The van der Waals surface area contributed by atoms with Crippen molar-refractivity contribution in [2.45, 2.75) is 11.3 Å². The largest absolute Gasteiger partial charge is 0.379 e. The van der Waals surface area contributed by atoms with Gasteiger partial charge in [0.25, 0.3) is 0 Å². The van der Waals surface area contributed by atoms with Crippen molar-refractivity contribution in [2.24, 2.45) is 0 Å². The number of hydrogen-bond donors (Lipinski definition) is 1. The normalized spacial score (nSPS) is 16.4. The molecule has 0 unspecified atom stereocenters. The molecule has 1 aliphatic heterocycles. The molecule has 1 saturated heterocycles. The van der Waals surface area contributed by atoms with Gasteiger partial charge in [-0.2, -0.15) is 0 Å². The quantitative estimate of drug-likeness (QED) is 0.801. The smallest absolute Gasteiger partial charge is 0.224 e. The highest BCUT2D eigenvalue weighted by Crippen LogP contribution is 2.15. The Labute approximate surface area is 131 Å². The molecule has 1 N–H and O–H groups in total. The van der Waals surface area contributed by atoms with Crippen molar-refractivity contribution >= 4 is 15.7 Å². The van der Waals surface area contributed by atoms with Gasteiger partial charge in [0.15, 0.2) is 9.84 Å². The summed E-state index contributed by atoms with van der Waals surface area (Å²) < 4.78 is 28.7. The van der Waals surface area contributed by atoms with Crippen molar-refractivity contribution < 1.29 is 17.9 Å². The van der Waals surface area contributed by atoms with Gasteiger partial charge < -0.3 is 10.1 Å². The van der Waals surface area contributed by atoms with E-state index in [1.54, 1.807) is 18.2 Å². The first-order chi connectivity index (χ1) is 10.5. The van der Waals surface area contributed by atoms with Gasteiger partial charge in [0.05, 0.1) is 24.5 Å². The topological polar surface area (TPSA) is 75.7 Å². The first kappa shape index (κ1) is 16.9. The summed E-state index contributed by atoms with van der Waals surface area (Å²) in [6.45, 7) is 4.56. The Morgan fingerprint density at radius 3 is 2.64 bits per heavy atom. The summed E-state index contributed by atoms with van der Waals surface area (Å²) in [4.78, 5) is 14.4. The van der Waals surface area contributed by atoms with Crippen LogP contribution in [0.4, 0.5) is 0 Å². The number of benzene rings is 1. The molecule has 0 bridgehead atoms. The van der Waals surface area contributed by atoms with E-state index in [-0.39, 0.29) is 17.2 Å². The van der Waals surface area contributed by atoms with E-state index in [9.17, 15) is 13.2 Å². The molecule has 1 amide bonds. The molecule has 0 aromatic heterocycles. The molecule has 1 aromatic rings. The molecule has 1 aromatic carbocycles. The molecular formula is C15H22N2O4S. The van der Waals surface area contributed by atoms with Gasteiger partial charge >= 0.3 is 0 Å². The molecule has 0 saturated carbocycles. The summed E-state index contributed by atoms with van der Waals surface area (Å²) in [6, 6.07) is 6.62. The molecular weight excluding hydrogens is 304 g/mol. The Kier molecular flexibility index (Phi) is 5.93. The Bertz CT molecular complexity index is 610. The van der Waals surface area contributed by atoms with Crippen LogP contribution < -0.4 is 5.32 Å². The van der Waals surface area contributed by atoms with Crippen LogP contribution in [0.3, 0.4) is 0 Å². The van der Waals surface area contributed by atoms with Gasteiger partial charge in [-0.1, -0.05) is 18.2 Å². The highest BCUT2D eigenvalue weighted by molar-refractivity contribution is 7.90. The van der Waals surface area contributed by atoms with Crippen LogP contribution >= 0.6 is 0 Å². The van der Waals surface area contributed by atoms with Crippen LogP contribution in [0.2, 0.25) is 0 Å². The summed E-state index contributed by atoms with van der Waals surface area (Å²) in [5.41, 5.74) is 0.536. The molecule has 0 radical (unpaired) electrons. The fourth-order valence-corrected chi connectivity index (χ4v) is 3.37. The number of sulfone groups is 1. The third-order valence-electron chi connectivity index (χ3n) is 3.58. The highest BCUT2D eigenvalue weighted by atomic mass is 32.2. The zero-order valence-electron chi connectivity index (χ0n) is 12.7. The maximum Gasteiger partial charge on any atom is 0.224 e. The second kappa shape index (κ2) is 7.71. The second-order valence-corrected chi connectivity index (χ2v) is 7.34. The van der Waals surface area contributed by atoms with Gasteiger partial charge in [-0.3, -0.25) is 9.69 Å². The zero-order chi connectivity index (χ0) is 16.0. The van der Waals surface area contributed by atoms with Crippen molar-refractivity contribution in [1.29, 1.82) is 0 Å². The van der Waals surface area contributed by atoms with E-state index in [2.05, 4.69) is 10.2 Å². The average molecular weight is 326 g/mol. The monoisotopic (exact) mass is 326 g/mol. The minimum Gasteiger partial charge on any atom is -0.379 e. The van der Waals surface area contributed by atoms with Crippen LogP contribution in [0.5, 0.6) is 0 Å².